The molecule has 1 aliphatic heterocycles. The quantitative estimate of drug-likeness (QED) is 0.109. The molecule has 17 heteroatoms. The summed E-state index contributed by atoms with van der Waals surface area (Å²) in [6.45, 7) is 6.24. The number of carbonyl (C=O) groups is 4. The van der Waals surface area contributed by atoms with Gasteiger partial charge < -0.3 is 65.1 Å². The first kappa shape index (κ1) is 46.8. The van der Waals surface area contributed by atoms with Gasteiger partial charge in [0.2, 0.25) is 0 Å². The van der Waals surface area contributed by atoms with E-state index in [1.54, 1.807) is 81.4 Å². The topological polar surface area (TPSA) is 279 Å². The van der Waals surface area contributed by atoms with Crippen molar-refractivity contribution >= 4 is 23.6 Å². The fourth-order valence-corrected chi connectivity index (χ4v) is 11.4. The molecule has 2 aromatic carbocycles. The zero-order chi connectivity index (χ0) is 46.0. The maximum Gasteiger partial charge on any atom is 0.338 e. The van der Waals surface area contributed by atoms with Crippen molar-refractivity contribution in [2.45, 2.75) is 133 Å². The Morgan fingerprint density at radius 2 is 1.56 bits per heavy atom. The van der Waals surface area contributed by atoms with Crippen LogP contribution in [-0.4, -0.2) is 144 Å². The summed E-state index contributed by atoms with van der Waals surface area (Å²) < 4.78 is 22.9. The fourth-order valence-electron chi connectivity index (χ4n) is 11.4. The smallest absolute Gasteiger partial charge is 0.338 e. The van der Waals surface area contributed by atoms with E-state index in [1.807, 2.05) is 0 Å². The van der Waals surface area contributed by atoms with E-state index in [0.717, 1.165) is 0 Å². The Bertz CT molecular complexity index is 2080. The van der Waals surface area contributed by atoms with Gasteiger partial charge in [-0.1, -0.05) is 69.3 Å². The Hall–Kier alpha value is -4.14. The van der Waals surface area contributed by atoms with Crippen molar-refractivity contribution in [3.8, 4) is 0 Å². The van der Waals surface area contributed by atoms with Crippen LogP contribution >= 0.6 is 0 Å². The van der Waals surface area contributed by atoms with Crippen molar-refractivity contribution < 1.29 is 79.0 Å². The highest BCUT2D eigenvalue weighted by Crippen LogP contribution is 2.67. The van der Waals surface area contributed by atoms with Crippen LogP contribution in [0.4, 0.5) is 0 Å². The van der Waals surface area contributed by atoms with Crippen LogP contribution in [0.3, 0.4) is 0 Å². The zero-order valence-corrected chi connectivity index (χ0v) is 35.9. The third-order valence-electron chi connectivity index (χ3n) is 15.2. The molecule has 1 saturated heterocycles. The second-order valence-corrected chi connectivity index (χ2v) is 18.7. The molecule has 0 radical (unpaired) electrons. The van der Waals surface area contributed by atoms with Gasteiger partial charge in [-0.2, -0.15) is 0 Å². The molecule has 1 heterocycles. The van der Waals surface area contributed by atoms with Gasteiger partial charge in [0, 0.05) is 23.3 Å². The number of esters is 2. The largest absolute Gasteiger partial charge is 0.456 e. The summed E-state index contributed by atoms with van der Waals surface area (Å²) in [7, 11) is 0. The molecule has 3 saturated carbocycles. The number of fused-ring (bicyclic) bond motifs is 5. The van der Waals surface area contributed by atoms with Gasteiger partial charge in [0.05, 0.1) is 35.4 Å². The lowest BCUT2D eigenvalue weighted by atomic mass is 9.39. The highest BCUT2D eigenvalue weighted by molar-refractivity contribution is 5.96. The zero-order valence-electron chi connectivity index (χ0n) is 35.9. The van der Waals surface area contributed by atoms with Crippen molar-refractivity contribution in [2.24, 2.45) is 28.6 Å². The van der Waals surface area contributed by atoms with Crippen LogP contribution in [-0.2, 0) is 33.3 Å². The van der Waals surface area contributed by atoms with E-state index in [0.29, 0.717) is 12.0 Å². The SMILES string of the molecule is CC1=C2C(OC(=O)COC3OC(CO)C(O)C(O)C3O)C(=O)[C@]3(C)C(O)C[C@H]4CC[C@@]4(O)C3C(C)C(O)(CC1OC(=O)C(O)C(NC(=O)c1ccccc1)c1ccccc1)C2(C)C. The lowest BCUT2D eigenvalue weighted by molar-refractivity contribution is -0.300. The molecule has 4 aliphatic carbocycles. The first-order valence-electron chi connectivity index (χ1n) is 21.4. The van der Waals surface area contributed by atoms with E-state index in [2.05, 4.69) is 5.32 Å². The van der Waals surface area contributed by atoms with Crippen LogP contribution in [0.2, 0.25) is 0 Å². The van der Waals surface area contributed by atoms with E-state index in [-0.39, 0.29) is 36.0 Å². The number of aliphatic hydroxyl groups is 8. The number of nitrogens with one attached hydrogen (secondary N) is 1. The summed E-state index contributed by atoms with van der Waals surface area (Å²) in [4.78, 5) is 56.8. The molecule has 16 atom stereocenters. The summed E-state index contributed by atoms with van der Waals surface area (Å²) in [5.41, 5.74) is -5.87. The fraction of sp³-hybridized carbons (Fsp3) is 0.609. The van der Waals surface area contributed by atoms with Gasteiger partial charge >= 0.3 is 11.9 Å². The Labute approximate surface area is 364 Å². The average Bonchev–Trinajstić information content (AvgIpc) is 3.26. The molecule has 0 spiro atoms. The van der Waals surface area contributed by atoms with E-state index in [9.17, 15) is 55.2 Å². The number of rotatable bonds is 11. The van der Waals surface area contributed by atoms with Crippen molar-refractivity contribution in [3.63, 3.8) is 0 Å². The number of ether oxygens (including phenoxy) is 4. The summed E-state index contributed by atoms with van der Waals surface area (Å²) in [5, 5.41) is 92.6. The Morgan fingerprint density at radius 1 is 0.921 bits per heavy atom. The summed E-state index contributed by atoms with van der Waals surface area (Å²) >= 11 is 0. The summed E-state index contributed by atoms with van der Waals surface area (Å²) in [6.07, 6.45) is -14.5. The van der Waals surface area contributed by atoms with Crippen LogP contribution in [0.15, 0.2) is 71.8 Å². The Balaban J connectivity index is 1.26. The van der Waals surface area contributed by atoms with Crippen molar-refractivity contribution in [1.29, 1.82) is 0 Å². The molecule has 9 N–H and O–H groups in total. The van der Waals surface area contributed by atoms with Gasteiger partial charge in [0.15, 0.2) is 24.3 Å². The Kier molecular flexibility index (Phi) is 12.9. The maximum absolute atomic E-state index is 15.4. The van der Waals surface area contributed by atoms with Crippen molar-refractivity contribution in [3.05, 3.63) is 82.9 Å². The van der Waals surface area contributed by atoms with E-state index in [4.69, 9.17) is 18.9 Å². The molecule has 5 aliphatic rings. The molecular weight excluding hydrogens is 822 g/mol. The van der Waals surface area contributed by atoms with Crippen molar-refractivity contribution in [1.82, 2.24) is 5.32 Å². The molecular formula is C46H59NO16. The molecule has 2 aromatic rings. The highest BCUT2D eigenvalue weighted by Gasteiger charge is 2.74. The molecule has 344 valence electrons. The van der Waals surface area contributed by atoms with Gasteiger partial charge in [-0.3, -0.25) is 9.59 Å². The number of ketones is 1. The van der Waals surface area contributed by atoms with E-state index < -0.39 is 138 Å². The van der Waals surface area contributed by atoms with Crippen LogP contribution in [0.1, 0.15) is 82.3 Å². The van der Waals surface area contributed by atoms with Gasteiger partial charge in [-0.05, 0) is 73.8 Å². The van der Waals surface area contributed by atoms with Gasteiger partial charge in [-0.15, -0.1) is 0 Å². The highest BCUT2D eigenvalue weighted by atomic mass is 16.7. The first-order chi connectivity index (χ1) is 29.6. The third-order valence-corrected chi connectivity index (χ3v) is 15.2. The monoisotopic (exact) mass is 881 g/mol. The number of aliphatic hydroxyl groups excluding tert-OH is 6. The standard InChI is InChI=1S/C46H59NO16/c1-22-27(61-41(57)34(52)32(24-12-8-6-9-13-24)47-40(56)25-14-10-7-11-15-25)19-46(59)23(2)38-44(5,29(49)18-26-16-17-45(26,38)58)39(55)37(31(22)43(46,3)4)63-30(50)21-60-42-36(54)35(53)33(51)28(20-48)62-42/h6-15,23,26-29,32-38,42,48-49,51-54,58-59H,16-21H2,1-5H3,(H,47,56)/t23?,26-,27?,28?,29?,32?,33?,34?,35?,36?,37?,38?,42?,44-,45+,46?/m1/s1. The number of amides is 1. The Morgan fingerprint density at radius 3 is 2.16 bits per heavy atom. The number of Topliss-reactive ketones (excluding diaryl/α,β-unsaturated/α-hetero) is 1. The molecule has 7 rings (SSSR count). The summed E-state index contributed by atoms with van der Waals surface area (Å²) in [6, 6.07) is 15.2. The van der Waals surface area contributed by atoms with Crippen LogP contribution in [0.25, 0.3) is 0 Å². The van der Waals surface area contributed by atoms with E-state index >= 15 is 4.79 Å². The lowest BCUT2D eigenvalue weighted by Gasteiger charge is -2.68. The summed E-state index contributed by atoms with van der Waals surface area (Å²) in [5.74, 6) is -6.24. The second-order valence-electron chi connectivity index (χ2n) is 18.7. The van der Waals surface area contributed by atoms with Crippen LogP contribution in [0.5, 0.6) is 0 Å². The molecule has 1 amide bonds. The molecule has 4 fully saturated rings. The minimum Gasteiger partial charge on any atom is -0.456 e. The second kappa shape index (κ2) is 17.3. The minimum atomic E-state index is -1.99. The minimum absolute atomic E-state index is 0.0353. The predicted molar refractivity (Wildman–Crippen MR) is 219 cm³/mol. The first-order valence-corrected chi connectivity index (χ1v) is 21.4. The van der Waals surface area contributed by atoms with E-state index in [1.165, 1.54) is 13.8 Å². The predicted octanol–water partition coefficient (Wildman–Crippen LogP) is 0.383. The van der Waals surface area contributed by atoms with Crippen LogP contribution < -0.4 is 5.32 Å². The molecule has 0 aromatic heterocycles. The number of hydrogen-bond acceptors (Lipinski definition) is 16. The van der Waals surface area contributed by atoms with Crippen LogP contribution in [0, 0.1) is 28.6 Å². The number of benzene rings is 2. The third kappa shape index (κ3) is 7.73. The maximum atomic E-state index is 15.4. The molecule has 13 unspecified atom stereocenters. The average molecular weight is 882 g/mol. The molecule has 2 bridgehead atoms. The van der Waals surface area contributed by atoms with Gasteiger partial charge in [0.1, 0.15) is 37.1 Å². The molecule has 17 nitrogen and oxygen atoms in total. The number of hydrogen-bond donors (Lipinski definition) is 9. The van der Waals surface area contributed by atoms with Gasteiger partial charge in [-0.25, -0.2) is 9.59 Å². The normalized spacial score (nSPS) is 39.3. The van der Waals surface area contributed by atoms with Gasteiger partial charge in [0.25, 0.3) is 5.91 Å². The number of carbonyl (C=O) groups excluding carboxylic acids is 4. The lowest BCUT2D eigenvalue weighted by Crippen LogP contribution is -2.75. The molecule has 63 heavy (non-hydrogen) atoms. The van der Waals surface area contributed by atoms with Crippen molar-refractivity contribution in [2.75, 3.05) is 13.2 Å².